The molecule has 0 aliphatic rings. The number of nitrogens with one attached hydrogen (secondary N) is 1. The maximum Gasteiger partial charge on any atom is 0.335 e. The number of carboxylic acids is 1. The fourth-order valence-corrected chi connectivity index (χ4v) is 2.08. The number of carboxylic acid groups (broad SMARTS) is 1. The van der Waals surface area contributed by atoms with Crippen molar-refractivity contribution in [1.82, 2.24) is 5.32 Å². The lowest BCUT2D eigenvalue weighted by molar-refractivity contribution is -0.148. The average Bonchev–Trinajstić information content (AvgIpc) is 2.53. The second kappa shape index (κ2) is 6.87. The van der Waals surface area contributed by atoms with E-state index in [1.165, 1.54) is 0 Å². The molecule has 0 aliphatic heterocycles. The number of amides is 1. The van der Waals surface area contributed by atoms with Crippen molar-refractivity contribution < 1.29 is 19.8 Å². The molecule has 0 radical (unpaired) electrons. The molecular weight excluding hydrogens is 282 g/mol. The second-order valence-corrected chi connectivity index (χ2v) is 5.01. The van der Waals surface area contributed by atoms with Crippen molar-refractivity contribution in [2.24, 2.45) is 0 Å². The maximum atomic E-state index is 12.3. The van der Waals surface area contributed by atoms with Crippen molar-refractivity contribution >= 4 is 11.9 Å². The minimum atomic E-state index is -1.73. The molecule has 3 N–H and O–H groups in total. The summed E-state index contributed by atoms with van der Waals surface area (Å²) >= 11 is 0. The molecular formula is C17H17NO4. The van der Waals surface area contributed by atoms with E-state index in [0.29, 0.717) is 11.1 Å². The predicted octanol–water partition coefficient (Wildman–Crippen LogP) is 1.91. The molecule has 2 rings (SSSR count). The van der Waals surface area contributed by atoms with Crippen LogP contribution in [-0.4, -0.2) is 28.2 Å². The minimum Gasteiger partial charge on any atom is -0.479 e. The predicted molar refractivity (Wildman–Crippen MR) is 81.5 cm³/mol. The van der Waals surface area contributed by atoms with E-state index in [4.69, 9.17) is 5.11 Å². The van der Waals surface area contributed by atoms with Crippen LogP contribution in [0.5, 0.6) is 0 Å². The molecule has 0 spiro atoms. The summed E-state index contributed by atoms with van der Waals surface area (Å²) in [6.45, 7) is 1.91. The highest BCUT2D eigenvalue weighted by Gasteiger charge is 2.28. The van der Waals surface area contributed by atoms with Crippen LogP contribution in [0.3, 0.4) is 0 Å². The zero-order chi connectivity index (χ0) is 16.1. The van der Waals surface area contributed by atoms with Gasteiger partial charge in [0.25, 0.3) is 5.91 Å². The molecule has 114 valence electrons. The quantitative estimate of drug-likeness (QED) is 0.787. The summed E-state index contributed by atoms with van der Waals surface area (Å²) in [5, 5.41) is 21.5. The highest BCUT2D eigenvalue weighted by atomic mass is 16.4. The van der Waals surface area contributed by atoms with Gasteiger partial charge in [-0.3, -0.25) is 4.79 Å². The first kappa shape index (κ1) is 15.7. The molecule has 0 heterocycles. The van der Waals surface area contributed by atoms with Crippen LogP contribution in [0.2, 0.25) is 0 Å². The average molecular weight is 299 g/mol. The topological polar surface area (TPSA) is 86.6 Å². The van der Waals surface area contributed by atoms with Crippen LogP contribution in [0.15, 0.2) is 54.6 Å². The van der Waals surface area contributed by atoms with Gasteiger partial charge in [0.05, 0.1) is 6.04 Å². The Morgan fingerprint density at radius 1 is 1.00 bits per heavy atom. The van der Waals surface area contributed by atoms with Gasteiger partial charge in [-0.2, -0.15) is 0 Å². The highest BCUT2D eigenvalue weighted by molar-refractivity contribution is 5.94. The number of benzene rings is 2. The van der Waals surface area contributed by atoms with Gasteiger partial charge in [-0.15, -0.1) is 0 Å². The summed E-state index contributed by atoms with van der Waals surface area (Å²) < 4.78 is 0. The van der Waals surface area contributed by atoms with Gasteiger partial charge < -0.3 is 15.5 Å². The van der Waals surface area contributed by atoms with Gasteiger partial charge in [0.2, 0.25) is 0 Å². The summed E-state index contributed by atoms with van der Waals surface area (Å²) in [4.78, 5) is 23.3. The zero-order valence-electron chi connectivity index (χ0n) is 12.1. The number of hydrogen-bond acceptors (Lipinski definition) is 3. The third-order valence-electron chi connectivity index (χ3n) is 3.33. The molecule has 2 atom stereocenters. The number of hydrogen-bond donors (Lipinski definition) is 3. The van der Waals surface area contributed by atoms with Crippen LogP contribution in [0.4, 0.5) is 0 Å². The number of aryl methyl sites for hydroxylation is 1. The first-order chi connectivity index (χ1) is 10.5. The summed E-state index contributed by atoms with van der Waals surface area (Å²) in [6, 6.07) is 14.4. The summed E-state index contributed by atoms with van der Waals surface area (Å²) in [6.07, 6.45) is -1.73. The molecule has 5 nitrogen and oxygen atoms in total. The highest BCUT2D eigenvalue weighted by Crippen LogP contribution is 2.18. The lowest BCUT2D eigenvalue weighted by atomic mass is 10.0. The van der Waals surface area contributed by atoms with Crippen molar-refractivity contribution in [3.63, 3.8) is 0 Å². The van der Waals surface area contributed by atoms with Crippen LogP contribution in [0.1, 0.15) is 27.5 Å². The fraction of sp³-hybridized carbons (Fsp3) is 0.176. The first-order valence-electron chi connectivity index (χ1n) is 6.82. The van der Waals surface area contributed by atoms with E-state index in [1.54, 1.807) is 54.6 Å². The molecule has 0 saturated carbocycles. The van der Waals surface area contributed by atoms with E-state index in [2.05, 4.69) is 5.32 Å². The Morgan fingerprint density at radius 3 is 2.14 bits per heavy atom. The SMILES string of the molecule is Cc1ccc(C(=O)N[C@@H](c2ccccc2)[C@@H](O)C(=O)O)cc1. The second-order valence-electron chi connectivity index (χ2n) is 5.01. The Balaban J connectivity index is 2.25. The van der Waals surface area contributed by atoms with E-state index in [-0.39, 0.29) is 0 Å². The third kappa shape index (κ3) is 3.71. The first-order valence-corrected chi connectivity index (χ1v) is 6.82. The molecule has 2 aromatic rings. The minimum absolute atomic E-state index is 0.407. The fourth-order valence-electron chi connectivity index (χ4n) is 2.08. The van der Waals surface area contributed by atoms with Gasteiger partial charge >= 0.3 is 5.97 Å². The van der Waals surface area contributed by atoms with Crippen molar-refractivity contribution in [2.45, 2.75) is 19.1 Å². The Kier molecular flexibility index (Phi) is 4.91. The zero-order valence-corrected chi connectivity index (χ0v) is 12.1. The van der Waals surface area contributed by atoms with Crippen LogP contribution in [-0.2, 0) is 4.79 Å². The number of aliphatic carboxylic acids is 1. The summed E-state index contributed by atoms with van der Waals surface area (Å²) in [5.74, 6) is -1.83. The molecule has 1 amide bonds. The smallest absolute Gasteiger partial charge is 0.335 e. The van der Waals surface area contributed by atoms with Crippen LogP contribution >= 0.6 is 0 Å². The van der Waals surface area contributed by atoms with Gasteiger partial charge in [0.15, 0.2) is 6.10 Å². The van der Waals surface area contributed by atoms with E-state index < -0.39 is 24.0 Å². The van der Waals surface area contributed by atoms with Gasteiger partial charge in [0.1, 0.15) is 0 Å². The lowest BCUT2D eigenvalue weighted by Crippen LogP contribution is -2.40. The number of aliphatic hydroxyl groups is 1. The van der Waals surface area contributed by atoms with E-state index in [0.717, 1.165) is 5.56 Å². The Labute approximate surface area is 128 Å². The lowest BCUT2D eigenvalue weighted by Gasteiger charge is -2.22. The normalized spacial score (nSPS) is 13.2. The van der Waals surface area contributed by atoms with Crippen molar-refractivity contribution in [1.29, 1.82) is 0 Å². The van der Waals surface area contributed by atoms with Gasteiger partial charge in [-0.05, 0) is 24.6 Å². The van der Waals surface area contributed by atoms with Gasteiger partial charge in [0, 0.05) is 5.56 Å². The Hall–Kier alpha value is -2.66. The molecule has 5 heteroatoms. The number of carbonyl (C=O) groups is 2. The molecule has 0 unspecified atom stereocenters. The molecule has 0 aliphatic carbocycles. The third-order valence-corrected chi connectivity index (χ3v) is 3.33. The largest absolute Gasteiger partial charge is 0.479 e. The van der Waals surface area contributed by atoms with Crippen molar-refractivity contribution in [3.8, 4) is 0 Å². The molecule has 2 aromatic carbocycles. The molecule has 0 bridgehead atoms. The van der Waals surface area contributed by atoms with E-state index >= 15 is 0 Å². The Morgan fingerprint density at radius 2 is 1.59 bits per heavy atom. The van der Waals surface area contributed by atoms with Gasteiger partial charge in [-0.25, -0.2) is 4.79 Å². The van der Waals surface area contributed by atoms with Gasteiger partial charge in [-0.1, -0.05) is 48.0 Å². The standard InChI is InChI=1S/C17H17NO4/c1-11-7-9-13(10-8-11)16(20)18-14(15(19)17(21)22)12-5-3-2-4-6-12/h2-10,14-15,19H,1H3,(H,18,20)(H,21,22)/t14-,15+/m0/s1. The van der Waals surface area contributed by atoms with Crippen LogP contribution in [0, 0.1) is 6.92 Å². The summed E-state index contributed by atoms with van der Waals surface area (Å²) in [7, 11) is 0. The molecule has 0 aromatic heterocycles. The monoisotopic (exact) mass is 299 g/mol. The van der Waals surface area contributed by atoms with Crippen LogP contribution < -0.4 is 5.32 Å². The van der Waals surface area contributed by atoms with Crippen LogP contribution in [0.25, 0.3) is 0 Å². The molecule has 22 heavy (non-hydrogen) atoms. The van der Waals surface area contributed by atoms with E-state index in [1.807, 2.05) is 6.92 Å². The number of rotatable bonds is 5. The maximum absolute atomic E-state index is 12.3. The Bertz CT molecular complexity index is 652. The molecule has 0 fully saturated rings. The van der Waals surface area contributed by atoms with Crippen molar-refractivity contribution in [3.05, 3.63) is 71.3 Å². The number of aliphatic hydroxyl groups excluding tert-OH is 1. The van der Waals surface area contributed by atoms with Crippen molar-refractivity contribution in [2.75, 3.05) is 0 Å². The van der Waals surface area contributed by atoms with E-state index in [9.17, 15) is 14.7 Å². The number of carbonyl (C=O) groups excluding carboxylic acids is 1. The molecule has 0 saturated heterocycles. The summed E-state index contributed by atoms with van der Waals surface area (Å²) in [5.41, 5.74) is 1.95.